The Morgan fingerprint density at radius 1 is 1.41 bits per heavy atom. The molecule has 0 aliphatic heterocycles. The van der Waals surface area contributed by atoms with E-state index in [1.807, 2.05) is 32.2 Å². The number of hydrogen-bond acceptors (Lipinski definition) is 4. The van der Waals surface area contributed by atoms with Crippen molar-refractivity contribution in [3.05, 3.63) is 29.5 Å². The molecule has 0 bridgehead atoms. The number of nitrogens with zero attached hydrogens (tertiary/aromatic N) is 2. The Morgan fingerprint density at radius 3 is 2.73 bits per heavy atom. The van der Waals surface area contributed by atoms with Crippen LogP contribution >= 0.6 is 0 Å². The van der Waals surface area contributed by atoms with Gasteiger partial charge in [0.15, 0.2) is 0 Å². The molecule has 0 aliphatic carbocycles. The van der Waals surface area contributed by atoms with E-state index in [4.69, 9.17) is 0 Å². The number of amides is 1. The van der Waals surface area contributed by atoms with Crippen LogP contribution in [-0.2, 0) is 28.4 Å². The summed E-state index contributed by atoms with van der Waals surface area (Å²) >= 11 is 0. The van der Waals surface area contributed by atoms with Crippen LogP contribution in [0.5, 0.6) is 0 Å². The van der Waals surface area contributed by atoms with Gasteiger partial charge in [0.2, 0.25) is 15.9 Å². The minimum absolute atomic E-state index is 0.245. The van der Waals surface area contributed by atoms with Gasteiger partial charge in [-0.05, 0) is 26.0 Å². The average molecular weight is 324 g/mol. The monoisotopic (exact) mass is 324 g/mol. The normalized spacial score (nSPS) is 13.3. The van der Waals surface area contributed by atoms with Gasteiger partial charge in [0.1, 0.15) is 0 Å². The zero-order valence-corrected chi connectivity index (χ0v) is 13.9. The van der Waals surface area contributed by atoms with Gasteiger partial charge in [-0.1, -0.05) is 11.6 Å². The maximum absolute atomic E-state index is 11.9. The van der Waals surface area contributed by atoms with Crippen molar-refractivity contribution in [2.45, 2.75) is 26.4 Å². The van der Waals surface area contributed by atoms with Crippen molar-refractivity contribution in [2.75, 3.05) is 6.26 Å². The zero-order chi connectivity index (χ0) is 16.5. The molecule has 1 atom stereocenters. The molecule has 1 aromatic carbocycles. The Balaban J connectivity index is 2.12. The Kier molecular flexibility index (Phi) is 4.52. The van der Waals surface area contributed by atoms with Gasteiger partial charge in [0, 0.05) is 12.4 Å². The van der Waals surface area contributed by atoms with Gasteiger partial charge in [-0.25, -0.2) is 13.1 Å². The molecule has 22 heavy (non-hydrogen) atoms. The maximum Gasteiger partial charge on any atom is 0.238 e. The molecule has 0 spiro atoms. The summed E-state index contributed by atoms with van der Waals surface area (Å²) < 4.78 is 26.3. The predicted molar refractivity (Wildman–Crippen MR) is 84.7 cm³/mol. The fraction of sp³-hybridized carbons (Fsp3) is 0.429. The molecule has 2 rings (SSSR count). The number of nitrogens with one attached hydrogen (secondary N) is 2. The lowest BCUT2D eigenvalue weighted by Gasteiger charge is -2.11. The second-order valence-corrected chi connectivity index (χ2v) is 7.20. The van der Waals surface area contributed by atoms with Crippen LogP contribution in [-0.4, -0.2) is 36.4 Å². The molecule has 7 nitrogen and oxygen atoms in total. The summed E-state index contributed by atoms with van der Waals surface area (Å²) in [6.07, 6.45) is 1.02. The Morgan fingerprint density at radius 2 is 2.09 bits per heavy atom. The molecule has 120 valence electrons. The van der Waals surface area contributed by atoms with Gasteiger partial charge in [0.25, 0.3) is 0 Å². The van der Waals surface area contributed by atoms with Crippen LogP contribution in [0.25, 0.3) is 10.9 Å². The van der Waals surface area contributed by atoms with Crippen molar-refractivity contribution in [3.63, 3.8) is 0 Å². The summed E-state index contributed by atoms with van der Waals surface area (Å²) in [5, 5.41) is 8.08. The van der Waals surface area contributed by atoms with E-state index in [2.05, 4.69) is 15.1 Å². The van der Waals surface area contributed by atoms with E-state index in [1.54, 1.807) is 4.68 Å². The third kappa shape index (κ3) is 3.83. The number of fused-ring (bicyclic) bond motifs is 1. The van der Waals surface area contributed by atoms with Crippen molar-refractivity contribution in [3.8, 4) is 0 Å². The summed E-state index contributed by atoms with van der Waals surface area (Å²) in [4.78, 5) is 11.9. The molecule has 1 amide bonds. The number of sulfonamides is 1. The van der Waals surface area contributed by atoms with Crippen LogP contribution in [0.4, 0.5) is 0 Å². The summed E-state index contributed by atoms with van der Waals surface area (Å²) in [6, 6.07) is 5.18. The van der Waals surface area contributed by atoms with Crippen LogP contribution in [0, 0.1) is 6.92 Å². The minimum Gasteiger partial charge on any atom is -0.349 e. The van der Waals surface area contributed by atoms with Gasteiger partial charge >= 0.3 is 0 Å². The third-order valence-corrected chi connectivity index (χ3v) is 4.08. The van der Waals surface area contributed by atoms with Crippen LogP contribution < -0.4 is 10.0 Å². The SMILES string of the molecule is Cc1ccc2c(c1)c(CNC(=O)[C@@H](C)NS(C)(=O)=O)nn2C. The zero-order valence-electron chi connectivity index (χ0n) is 13.0. The molecule has 2 N–H and O–H groups in total. The highest BCUT2D eigenvalue weighted by Gasteiger charge is 2.17. The molecule has 0 radical (unpaired) electrons. The molecule has 0 saturated carbocycles. The van der Waals surface area contributed by atoms with Gasteiger partial charge in [0.05, 0.1) is 30.1 Å². The highest BCUT2D eigenvalue weighted by molar-refractivity contribution is 7.88. The highest BCUT2D eigenvalue weighted by Crippen LogP contribution is 2.19. The number of benzene rings is 1. The largest absolute Gasteiger partial charge is 0.349 e. The Hall–Kier alpha value is -1.93. The molecule has 0 fully saturated rings. The van der Waals surface area contributed by atoms with Gasteiger partial charge in [-0.15, -0.1) is 0 Å². The first-order valence-corrected chi connectivity index (χ1v) is 8.74. The van der Waals surface area contributed by atoms with E-state index in [9.17, 15) is 13.2 Å². The first-order chi connectivity index (χ1) is 10.2. The fourth-order valence-electron chi connectivity index (χ4n) is 2.28. The van der Waals surface area contributed by atoms with Crippen LogP contribution in [0.15, 0.2) is 18.2 Å². The van der Waals surface area contributed by atoms with E-state index in [0.717, 1.165) is 28.4 Å². The molecular weight excluding hydrogens is 304 g/mol. The number of aromatic nitrogens is 2. The molecule has 0 aliphatic rings. The summed E-state index contributed by atoms with van der Waals surface area (Å²) in [5.74, 6) is -0.392. The van der Waals surface area contributed by atoms with Crippen LogP contribution in [0.2, 0.25) is 0 Å². The quantitative estimate of drug-likeness (QED) is 0.834. The first-order valence-electron chi connectivity index (χ1n) is 6.84. The third-order valence-electron chi connectivity index (χ3n) is 3.30. The van der Waals surface area contributed by atoms with Crippen LogP contribution in [0.3, 0.4) is 0 Å². The lowest BCUT2D eigenvalue weighted by Crippen LogP contribution is -2.44. The number of carbonyl (C=O) groups excluding carboxylic acids is 1. The maximum atomic E-state index is 11.9. The van der Waals surface area contributed by atoms with Crippen molar-refractivity contribution < 1.29 is 13.2 Å². The second kappa shape index (κ2) is 6.05. The molecule has 2 aromatic rings. The average Bonchev–Trinajstić information content (AvgIpc) is 2.70. The van der Waals surface area contributed by atoms with E-state index in [0.29, 0.717) is 0 Å². The van der Waals surface area contributed by atoms with Gasteiger partial charge < -0.3 is 5.32 Å². The molecule has 1 heterocycles. The number of carbonyl (C=O) groups is 1. The lowest BCUT2D eigenvalue weighted by molar-refractivity contribution is -0.122. The Bertz CT molecular complexity index is 811. The summed E-state index contributed by atoms with van der Waals surface area (Å²) in [6.45, 7) is 3.74. The van der Waals surface area contributed by atoms with Crippen molar-refractivity contribution in [1.29, 1.82) is 0 Å². The predicted octanol–water partition coefficient (Wildman–Crippen LogP) is 0.436. The van der Waals surface area contributed by atoms with Gasteiger partial charge in [-0.3, -0.25) is 9.48 Å². The Labute approximate surface area is 129 Å². The van der Waals surface area contributed by atoms with E-state index >= 15 is 0 Å². The first kappa shape index (κ1) is 16.4. The van der Waals surface area contributed by atoms with E-state index in [1.165, 1.54) is 6.92 Å². The second-order valence-electron chi connectivity index (χ2n) is 5.42. The van der Waals surface area contributed by atoms with E-state index < -0.39 is 22.0 Å². The van der Waals surface area contributed by atoms with Crippen molar-refractivity contribution >= 4 is 26.8 Å². The minimum atomic E-state index is -3.42. The number of hydrogen-bond donors (Lipinski definition) is 2. The number of aryl methyl sites for hydroxylation is 2. The van der Waals surface area contributed by atoms with Gasteiger partial charge in [-0.2, -0.15) is 5.10 Å². The molecule has 8 heteroatoms. The smallest absolute Gasteiger partial charge is 0.238 e. The standard InChI is InChI=1S/C14H20N4O3S/c1-9-5-6-13-11(7-9)12(16-18(13)3)8-15-14(19)10(2)17-22(4,20)21/h5-7,10,17H,8H2,1-4H3,(H,15,19)/t10-/m1/s1. The highest BCUT2D eigenvalue weighted by atomic mass is 32.2. The molecule has 0 saturated heterocycles. The van der Waals surface area contributed by atoms with Crippen molar-refractivity contribution in [2.24, 2.45) is 7.05 Å². The fourth-order valence-corrected chi connectivity index (χ4v) is 3.03. The molecule has 0 unspecified atom stereocenters. The molecule has 1 aromatic heterocycles. The summed E-state index contributed by atoms with van der Waals surface area (Å²) in [5.41, 5.74) is 2.85. The number of rotatable bonds is 5. The van der Waals surface area contributed by atoms with Crippen molar-refractivity contribution in [1.82, 2.24) is 19.8 Å². The summed E-state index contributed by atoms with van der Waals surface area (Å²) in [7, 11) is -1.57. The topological polar surface area (TPSA) is 93.1 Å². The molecular formula is C14H20N4O3S. The lowest BCUT2D eigenvalue weighted by atomic mass is 10.1. The van der Waals surface area contributed by atoms with E-state index in [-0.39, 0.29) is 6.54 Å². The van der Waals surface area contributed by atoms with Crippen LogP contribution in [0.1, 0.15) is 18.2 Å².